The van der Waals surface area contributed by atoms with Crippen LogP contribution < -0.4 is 4.48 Å². The van der Waals surface area contributed by atoms with Crippen LogP contribution in [0, 0.1) is 0 Å². The fourth-order valence-electron chi connectivity index (χ4n) is 3.19. The number of fused-ring (bicyclic) bond motifs is 1. The van der Waals surface area contributed by atoms with Crippen LogP contribution >= 0.6 is 11.6 Å². The van der Waals surface area contributed by atoms with E-state index in [1.165, 1.54) is 0 Å². The van der Waals surface area contributed by atoms with Gasteiger partial charge in [-0.1, -0.05) is 18.5 Å². The number of carboxylic acid groups (broad SMARTS) is 1. The molecule has 2 aromatic rings. The van der Waals surface area contributed by atoms with Crippen LogP contribution in [0.15, 0.2) is 30.5 Å². The molecule has 1 unspecified atom stereocenters. The number of halogens is 1. The van der Waals surface area contributed by atoms with Crippen LogP contribution in [0.25, 0.3) is 10.9 Å². The Kier molecular flexibility index (Phi) is 7.34. The van der Waals surface area contributed by atoms with E-state index < -0.39 is 6.09 Å². The highest BCUT2D eigenvalue weighted by Gasteiger charge is 2.35. The summed E-state index contributed by atoms with van der Waals surface area (Å²) in [5.74, 6) is 0. The van der Waals surface area contributed by atoms with Crippen molar-refractivity contribution in [3.05, 3.63) is 35.5 Å². The molecule has 2 rings (SSSR count). The highest BCUT2D eigenvalue weighted by atomic mass is 35.5. The first-order valence-electron chi connectivity index (χ1n) is 8.89. The summed E-state index contributed by atoms with van der Waals surface area (Å²) in [5.41, 5.74) is 1.41. The SMILES string of the molecule is CCN(CCO)CCCC[N+](C)(C(=O)O)c1ccnc2cc(Cl)ccc12. The summed E-state index contributed by atoms with van der Waals surface area (Å²) in [7, 11) is 1.72. The second-order valence-corrected chi connectivity index (χ2v) is 6.99. The number of carbonyl (C=O) groups is 1. The van der Waals surface area contributed by atoms with Gasteiger partial charge in [-0.2, -0.15) is 9.28 Å². The number of likely N-dealkylation sites (N-methyl/N-ethyl adjacent to an activating group) is 1. The van der Waals surface area contributed by atoms with Gasteiger partial charge in [-0.15, -0.1) is 0 Å². The van der Waals surface area contributed by atoms with Crippen molar-refractivity contribution in [2.75, 3.05) is 39.8 Å². The third-order valence-corrected chi connectivity index (χ3v) is 5.06. The molecule has 0 saturated carbocycles. The smallest absolute Gasteiger partial charge is 0.435 e. The average molecular weight is 381 g/mol. The fourth-order valence-corrected chi connectivity index (χ4v) is 3.35. The Bertz CT molecular complexity index is 756. The number of nitrogens with zero attached hydrogens (tertiary/aromatic N) is 3. The number of aromatic nitrogens is 1. The molecule has 1 amide bonds. The largest absolute Gasteiger partial charge is 0.518 e. The van der Waals surface area contributed by atoms with Crippen molar-refractivity contribution in [3.8, 4) is 0 Å². The van der Waals surface area contributed by atoms with Gasteiger partial charge >= 0.3 is 6.09 Å². The van der Waals surface area contributed by atoms with Crippen LogP contribution in [0.5, 0.6) is 0 Å². The first-order chi connectivity index (χ1) is 12.4. The minimum absolute atomic E-state index is 0.141. The van der Waals surface area contributed by atoms with E-state index in [-0.39, 0.29) is 11.1 Å². The summed E-state index contributed by atoms with van der Waals surface area (Å²) in [6, 6.07) is 7.11. The van der Waals surface area contributed by atoms with Gasteiger partial charge in [-0.3, -0.25) is 4.98 Å². The lowest BCUT2D eigenvalue weighted by Crippen LogP contribution is -2.50. The number of aliphatic hydroxyl groups excluding tert-OH is 1. The Morgan fingerprint density at radius 3 is 2.69 bits per heavy atom. The topological polar surface area (TPSA) is 73.7 Å². The van der Waals surface area contributed by atoms with Gasteiger partial charge in [-0.05, 0) is 44.1 Å². The molecule has 0 spiro atoms. The molecule has 26 heavy (non-hydrogen) atoms. The number of pyridine rings is 1. The Hall–Kier alpha value is -1.73. The van der Waals surface area contributed by atoms with E-state index in [4.69, 9.17) is 16.7 Å². The van der Waals surface area contributed by atoms with Gasteiger partial charge in [0.1, 0.15) is 0 Å². The van der Waals surface area contributed by atoms with E-state index in [0.29, 0.717) is 29.3 Å². The number of hydrogen-bond donors (Lipinski definition) is 2. The van der Waals surface area contributed by atoms with Crippen molar-refractivity contribution in [2.45, 2.75) is 19.8 Å². The van der Waals surface area contributed by atoms with E-state index in [9.17, 15) is 9.90 Å². The zero-order chi connectivity index (χ0) is 19.2. The third-order valence-electron chi connectivity index (χ3n) is 4.83. The zero-order valence-corrected chi connectivity index (χ0v) is 16.1. The van der Waals surface area contributed by atoms with Crippen LogP contribution in [0.2, 0.25) is 5.02 Å². The predicted octanol–water partition coefficient (Wildman–Crippen LogP) is 3.60. The van der Waals surface area contributed by atoms with Crippen LogP contribution in [0.4, 0.5) is 10.5 Å². The van der Waals surface area contributed by atoms with E-state index in [2.05, 4.69) is 16.8 Å². The molecule has 6 nitrogen and oxygen atoms in total. The summed E-state index contributed by atoms with van der Waals surface area (Å²) < 4.78 is -0.202. The van der Waals surface area contributed by atoms with E-state index >= 15 is 0 Å². The number of rotatable bonds is 9. The highest BCUT2D eigenvalue weighted by Crippen LogP contribution is 2.31. The van der Waals surface area contributed by atoms with Crippen molar-refractivity contribution in [3.63, 3.8) is 0 Å². The molecule has 0 aliphatic heterocycles. The summed E-state index contributed by atoms with van der Waals surface area (Å²) in [6.07, 6.45) is 2.38. The first kappa shape index (κ1) is 20.6. The summed E-state index contributed by atoms with van der Waals surface area (Å²) >= 11 is 6.04. The van der Waals surface area contributed by atoms with Gasteiger partial charge in [0, 0.05) is 23.8 Å². The Morgan fingerprint density at radius 1 is 1.27 bits per heavy atom. The average Bonchev–Trinajstić information content (AvgIpc) is 2.63. The van der Waals surface area contributed by atoms with Gasteiger partial charge in [0.05, 0.1) is 31.1 Å². The molecule has 0 radical (unpaired) electrons. The summed E-state index contributed by atoms with van der Waals surface area (Å²) in [6.45, 7) is 5.05. The Morgan fingerprint density at radius 2 is 2.04 bits per heavy atom. The van der Waals surface area contributed by atoms with Crippen LogP contribution in [-0.4, -0.2) is 66.0 Å². The number of hydrogen-bond acceptors (Lipinski definition) is 4. The first-order valence-corrected chi connectivity index (χ1v) is 9.27. The fraction of sp³-hybridized carbons (Fsp3) is 0.474. The molecule has 1 heterocycles. The summed E-state index contributed by atoms with van der Waals surface area (Å²) in [4.78, 5) is 18.6. The molecule has 2 N–H and O–H groups in total. The second kappa shape index (κ2) is 9.28. The van der Waals surface area contributed by atoms with Crippen molar-refractivity contribution in [1.82, 2.24) is 14.4 Å². The summed E-state index contributed by atoms with van der Waals surface area (Å²) in [5, 5.41) is 20.4. The van der Waals surface area contributed by atoms with Gasteiger partial charge in [0.2, 0.25) is 0 Å². The van der Waals surface area contributed by atoms with Gasteiger partial charge in [-0.25, -0.2) is 0 Å². The number of benzene rings is 1. The van der Waals surface area contributed by atoms with Crippen LogP contribution in [-0.2, 0) is 0 Å². The normalized spacial score (nSPS) is 13.9. The number of aliphatic hydroxyl groups is 1. The van der Waals surface area contributed by atoms with Gasteiger partial charge in [0.25, 0.3) is 0 Å². The monoisotopic (exact) mass is 380 g/mol. The van der Waals surface area contributed by atoms with E-state index in [1.54, 1.807) is 31.4 Å². The van der Waals surface area contributed by atoms with Crippen LogP contribution in [0.3, 0.4) is 0 Å². The molecule has 0 aliphatic carbocycles. The molecule has 142 valence electrons. The highest BCUT2D eigenvalue weighted by molar-refractivity contribution is 6.31. The molecule has 1 aromatic heterocycles. The standard InChI is InChI=1S/C19H26ClN3O3/c1-3-22(11-13-24)10-4-5-12-23(2,19(25)26)18-8-9-21-17-14-15(20)6-7-16(17)18/h6-9,14,24H,3-5,10-13H2,1-2H3/p+1. The lowest BCUT2D eigenvalue weighted by atomic mass is 10.1. The maximum absolute atomic E-state index is 12.1. The molecule has 0 saturated heterocycles. The number of amides is 1. The minimum Gasteiger partial charge on any atom is -0.435 e. The molecule has 7 heteroatoms. The Balaban J connectivity index is 2.18. The van der Waals surface area contributed by atoms with E-state index in [0.717, 1.165) is 31.3 Å². The number of unbranched alkanes of at least 4 members (excludes halogenated alkanes) is 1. The Labute approximate surface area is 159 Å². The molecule has 1 atom stereocenters. The minimum atomic E-state index is -0.893. The maximum atomic E-state index is 12.1. The van der Waals surface area contributed by atoms with Crippen molar-refractivity contribution < 1.29 is 15.0 Å². The second-order valence-electron chi connectivity index (χ2n) is 6.55. The predicted molar refractivity (Wildman–Crippen MR) is 106 cm³/mol. The van der Waals surface area contributed by atoms with Gasteiger partial charge in [0.15, 0.2) is 5.69 Å². The quantitative estimate of drug-likeness (QED) is 0.513. The molecular weight excluding hydrogens is 354 g/mol. The van der Waals surface area contributed by atoms with Crippen molar-refractivity contribution in [2.24, 2.45) is 0 Å². The molecule has 1 aromatic carbocycles. The van der Waals surface area contributed by atoms with Crippen molar-refractivity contribution >= 4 is 34.3 Å². The molecule has 0 fully saturated rings. The molecule has 0 aliphatic rings. The lowest BCUT2D eigenvalue weighted by Gasteiger charge is -2.29. The lowest BCUT2D eigenvalue weighted by molar-refractivity contribution is 0.154. The van der Waals surface area contributed by atoms with Crippen molar-refractivity contribution in [1.29, 1.82) is 0 Å². The maximum Gasteiger partial charge on any atom is 0.518 e. The van der Waals surface area contributed by atoms with Gasteiger partial charge < -0.3 is 15.1 Å². The van der Waals surface area contributed by atoms with E-state index in [1.807, 2.05) is 6.07 Å². The molecular formula is C19H27ClN3O3+. The molecule has 0 bridgehead atoms. The third kappa shape index (κ3) is 4.71. The zero-order valence-electron chi connectivity index (χ0n) is 15.4. The number of quaternary nitrogens is 1. The van der Waals surface area contributed by atoms with Crippen LogP contribution in [0.1, 0.15) is 19.8 Å².